The van der Waals surface area contributed by atoms with E-state index in [0.717, 1.165) is 32.2 Å². The predicted molar refractivity (Wildman–Crippen MR) is 72.1 cm³/mol. The zero-order chi connectivity index (χ0) is 18.9. The molecule has 24 heavy (non-hydrogen) atoms. The number of carbonyl (C=O) groups is 2. The second kappa shape index (κ2) is 6.70. The molecule has 0 heterocycles. The summed E-state index contributed by atoms with van der Waals surface area (Å²) in [6, 6.07) is 2.85. The van der Waals surface area contributed by atoms with Gasteiger partial charge < -0.3 is 10.6 Å². The van der Waals surface area contributed by atoms with Gasteiger partial charge in [-0.3, -0.25) is 9.59 Å². The van der Waals surface area contributed by atoms with Gasteiger partial charge in [-0.2, -0.15) is 26.3 Å². The number of nitrogens with two attached hydrogens (primary N) is 1. The van der Waals surface area contributed by atoms with Crippen LogP contribution in [0.4, 0.5) is 26.3 Å². The third kappa shape index (κ3) is 4.62. The van der Waals surface area contributed by atoms with E-state index in [-0.39, 0.29) is 4.90 Å². The molecular weight excluding hydrogens is 342 g/mol. The number of hydrogen-bond donors (Lipinski definition) is 1. The van der Waals surface area contributed by atoms with E-state index in [9.17, 15) is 35.9 Å². The molecule has 2 amide bonds. The Balaban J connectivity index is 3.33. The molecule has 1 rings (SSSR count). The third-order valence-electron chi connectivity index (χ3n) is 3.28. The van der Waals surface area contributed by atoms with Gasteiger partial charge in [0.2, 0.25) is 11.8 Å². The lowest BCUT2D eigenvalue weighted by Gasteiger charge is -2.25. The maximum Gasteiger partial charge on any atom is 0.417 e. The number of hydrogen-bond acceptors (Lipinski definition) is 2. The molecule has 0 saturated heterocycles. The van der Waals surface area contributed by atoms with Crippen LogP contribution in [0.3, 0.4) is 0 Å². The first kappa shape index (κ1) is 19.8. The number of likely N-dealkylation sites (N-methyl/N-ethyl adjacent to an activating group) is 1. The topological polar surface area (TPSA) is 63.4 Å². The Kier molecular flexibility index (Phi) is 5.52. The van der Waals surface area contributed by atoms with Crippen LogP contribution in [0.25, 0.3) is 0 Å². The molecule has 10 heteroatoms. The molecule has 0 spiro atoms. The minimum absolute atomic E-state index is 0.280. The van der Waals surface area contributed by atoms with Crippen molar-refractivity contribution < 1.29 is 35.9 Å². The first-order valence-corrected chi connectivity index (χ1v) is 6.57. The van der Waals surface area contributed by atoms with Gasteiger partial charge >= 0.3 is 12.4 Å². The number of primary amides is 1. The smallest absolute Gasteiger partial charge is 0.366 e. The predicted octanol–water partition coefficient (Wildman–Crippen LogP) is 2.93. The molecule has 1 atom stereocenters. The van der Waals surface area contributed by atoms with E-state index < -0.39 is 53.3 Å². The summed E-state index contributed by atoms with van der Waals surface area (Å²) in [5, 5.41) is 0. The lowest BCUT2D eigenvalue weighted by Crippen LogP contribution is -2.38. The Hall–Kier alpha value is -2.26. The number of nitrogens with zero attached hydrogens (tertiary/aromatic N) is 1. The van der Waals surface area contributed by atoms with Crippen molar-refractivity contribution in [2.24, 2.45) is 5.73 Å². The van der Waals surface area contributed by atoms with Crippen molar-refractivity contribution >= 4 is 11.8 Å². The fourth-order valence-corrected chi connectivity index (χ4v) is 2.26. The van der Waals surface area contributed by atoms with E-state index in [2.05, 4.69) is 0 Å². The Morgan fingerprint density at radius 1 is 1.17 bits per heavy atom. The quantitative estimate of drug-likeness (QED) is 0.843. The van der Waals surface area contributed by atoms with Crippen LogP contribution in [0.15, 0.2) is 18.2 Å². The molecule has 134 valence electrons. The summed E-state index contributed by atoms with van der Waals surface area (Å²) < 4.78 is 76.8. The van der Waals surface area contributed by atoms with Gasteiger partial charge in [0.05, 0.1) is 17.0 Å². The Morgan fingerprint density at radius 3 is 2.12 bits per heavy atom. The molecule has 0 aliphatic heterocycles. The largest absolute Gasteiger partial charge is 0.417 e. The highest BCUT2D eigenvalue weighted by Crippen LogP contribution is 2.38. The summed E-state index contributed by atoms with van der Waals surface area (Å²) in [4.78, 5) is 23.5. The minimum atomic E-state index is -5.00. The van der Waals surface area contributed by atoms with Crippen LogP contribution in [0.1, 0.15) is 34.3 Å². The van der Waals surface area contributed by atoms with E-state index in [1.54, 1.807) is 0 Å². The maximum atomic E-state index is 13.3. The average Bonchev–Trinajstić information content (AvgIpc) is 2.41. The van der Waals surface area contributed by atoms with Gasteiger partial charge in [0, 0.05) is 7.05 Å². The summed E-state index contributed by atoms with van der Waals surface area (Å²) in [7, 11) is 0.831. The first-order chi connectivity index (χ1) is 10.8. The van der Waals surface area contributed by atoms with Crippen LogP contribution >= 0.6 is 0 Å². The van der Waals surface area contributed by atoms with Gasteiger partial charge in [0.1, 0.15) is 6.54 Å². The van der Waals surface area contributed by atoms with Gasteiger partial charge in [-0.05, 0) is 18.6 Å². The maximum absolute atomic E-state index is 13.3. The van der Waals surface area contributed by atoms with Crippen LogP contribution in [0.2, 0.25) is 0 Å². The zero-order valence-corrected chi connectivity index (χ0v) is 12.6. The molecule has 1 aromatic carbocycles. The molecule has 0 fully saturated rings. The summed E-state index contributed by atoms with van der Waals surface area (Å²) in [5.74, 6) is -4.07. The molecule has 0 aliphatic carbocycles. The van der Waals surface area contributed by atoms with Gasteiger partial charge in [-0.25, -0.2) is 0 Å². The minimum Gasteiger partial charge on any atom is -0.366 e. The molecule has 0 unspecified atom stereocenters. The highest BCUT2D eigenvalue weighted by molar-refractivity contribution is 5.95. The van der Waals surface area contributed by atoms with Gasteiger partial charge in [-0.1, -0.05) is 12.1 Å². The fraction of sp³-hybridized carbons (Fsp3) is 0.429. The van der Waals surface area contributed by atoms with E-state index in [1.807, 2.05) is 0 Å². The van der Waals surface area contributed by atoms with Gasteiger partial charge in [0.15, 0.2) is 0 Å². The highest BCUT2D eigenvalue weighted by atomic mass is 19.4. The second-order valence-corrected chi connectivity index (χ2v) is 5.16. The summed E-state index contributed by atoms with van der Waals surface area (Å²) in [6.45, 7) is -0.572. The van der Waals surface area contributed by atoms with Gasteiger partial charge in [-0.15, -0.1) is 0 Å². The van der Waals surface area contributed by atoms with Crippen molar-refractivity contribution in [2.45, 2.75) is 25.2 Å². The Labute approximate surface area is 133 Å². The van der Waals surface area contributed by atoms with Crippen molar-refractivity contribution in [3.63, 3.8) is 0 Å². The molecule has 0 aliphatic rings. The summed E-state index contributed by atoms with van der Waals surface area (Å²) >= 11 is 0. The molecule has 0 saturated carbocycles. The molecule has 0 bridgehead atoms. The molecule has 1 aromatic rings. The zero-order valence-electron chi connectivity index (χ0n) is 12.6. The Morgan fingerprint density at radius 2 is 1.71 bits per heavy atom. The third-order valence-corrected chi connectivity index (χ3v) is 3.28. The van der Waals surface area contributed by atoms with Crippen molar-refractivity contribution in [3.05, 3.63) is 34.9 Å². The normalized spacial score (nSPS) is 13.5. The second-order valence-electron chi connectivity index (χ2n) is 5.16. The van der Waals surface area contributed by atoms with Crippen LogP contribution in [-0.2, 0) is 11.0 Å². The van der Waals surface area contributed by atoms with Crippen LogP contribution in [-0.4, -0.2) is 36.5 Å². The number of amides is 2. The highest BCUT2D eigenvalue weighted by Gasteiger charge is 2.40. The number of halogens is 6. The fourth-order valence-electron chi connectivity index (χ4n) is 2.26. The van der Waals surface area contributed by atoms with Crippen molar-refractivity contribution in [1.82, 2.24) is 4.90 Å². The lowest BCUT2D eigenvalue weighted by atomic mass is 9.90. The number of carbonyl (C=O) groups excluding carboxylic acids is 2. The average molecular weight is 356 g/mol. The standard InChI is InChI=1S/C14H14F6N2O2/c1-7(12(24)22(2)6-13(15,16)17)8-4-3-5-9(11(21)23)10(8)14(18,19)20/h3-5,7H,6H2,1-2H3,(H2,21,23)/t7-/m1/s1. The number of alkyl halides is 6. The molecule has 0 radical (unpaired) electrons. The first-order valence-electron chi connectivity index (χ1n) is 6.57. The van der Waals surface area contributed by atoms with Crippen molar-refractivity contribution in [2.75, 3.05) is 13.6 Å². The molecule has 0 aromatic heterocycles. The SMILES string of the molecule is C[C@@H](C(=O)N(C)CC(F)(F)F)c1cccc(C(N)=O)c1C(F)(F)F. The Bertz CT molecular complexity index is 639. The van der Waals surface area contributed by atoms with E-state index >= 15 is 0 Å². The van der Waals surface area contributed by atoms with Gasteiger partial charge in [0.25, 0.3) is 0 Å². The van der Waals surface area contributed by atoms with E-state index in [1.165, 1.54) is 0 Å². The number of rotatable bonds is 4. The van der Waals surface area contributed by atoms with E-state index in [4.69, 9.17) is 5.73 Å². The van der Waals surface area contributed by atoms with Crippen LogP contribution < -0.4 is 5.73 Å². The summed E-state index contributed by atoms with van der Waals surface area (Å²) in [5.41, 5.74) is 2.04. The van der Waals surface area contributed by atoms with Crippen molar-refractivity contribution in [3.8, 4) is 0 Å². The summed E-state index contributed by atoms with van der Waals surface area (Å²) in [6.07, 6.45) is -9.69. The molecular formula is C14H14F6N2O2. The monoisotopic (exact) mass is 356 g/mol. The van der Waals surface area contributed by atoms with Crippen molar-refractivity contribution in [1.29, 1.82) is 0 Å². The number of benzene rings is 1. The lowest BCUT2D eigenvalue weighted by molar-refractivity contribution is -0.159. The van der Waals surface area contributed by atoms with Crippen LogP contribution in [0, 0.1) is 0 Å². The molecule has 4 nitrogen and oxygen atoms in total. The van der Waals surface area contributed by atoms with E-state index in [0.29, 0.717) is 0 Å². The van der Waals surface area contributed by atoms with Crippen LogP contribution in [0.5, 0.6) is 0 Å². The molecule has 2 N–H and O–H groups in total.